The summed E-state index contributed by atoms with van der Waals surface area (Å²) in [7, 11) is 0. The smallest absolute Gasteiger partial charge is 0.249 e. The van der Waals surface area contributed by atoms with E-state index in [4.69, 9.17) is 11.5 Å². The van der Waals surface area contributed by atoms with Crippen LogP contribution in [0.5, 0.6) is 0 Å². The van der Waals surface area contributed by atoms with E-state index < -0.39 is 11.7 Å². The summed E-state index contributed by atoms with van der Waals surface area (Å²) in [4.78, 5) is 13.8. The first-order valence-corrected chi connectivity index (χ1v) is 8.30. The molecule has 1 saturated heterocycles. The van der Waals surface area contributed by atoms with E-state index in [1.54, 1.807) is 0 Å². The summed E-state index contributed by atoms with van der Waals surface area (Å²) < 4.78 is 15.0. The van der Waals surface area contributed by atoms with Gasteiger partial charge >= 0.3 is 0 Å². The van der Waals surface area contributed by atoms with Crippen LogP contribution in [-0.4, -0.2) is 25.0 Å². The first kappa shape index (κ1) is 15.1. The molecule has 1 fully saturated rings. The van der Waals surface area contributed by atoms with Crippen molar-refractivity contribution in [2.24, 2.45) is 11.5 Å². The molecule has 1 heterocycles. The number of piperidine rings is 1. The molecular weight excluding hydrogens is 305 g/mol. The van der Waals surface area contributed by atoms with Crippen LogP contribution in [0.2, 0.25) is 0 Å². The number of carbonyl (C=O) groups is 1. The molecule has 1 amide bonds. The molecule has 5 heteroatoms. The van der Waals surface area contributed by atoms with Crippen molar-refractivity contribution in [1.82, 2.24) is 0 Å². The van der Waals surface area contributed by atoms with Crippen LogP contribution in [0.1, 0.15) is 34.3 Å². The quantitative estimate of drug-likeness (QED) is 0.760. The van der Waals surface area contributed by atoms with E-state index in [0.29, 0.717) is 18.7 Å². The van der Waals surface area contributed by atoms with E-state index in [1.807, 2.05) is 29.2 Å². The maximum atomic E-state index is 15.0. The Bertz CT molecular complexity index is 834. The van der Waals surface area contributed by atoms with Crippen molar-refractivity contribution in [2.75, 3.05) is 18.0 Å². The van der Waals surface area contributed by atoms with Gasteiger partial charge in [0.2, 0.25) is 5.91 Å². The predicted octanol–water partition coefficient (Wildman–Crippen LogP) is 2.42. The maximum Gasteiger partial charge on any atom is 0.249 e. The lowest BCUT2D eigenvalue weighted by molar-refractivity contribution is 0.0999. The first-order chi connectivity index (χ1) is 11.6. The molecule has 0 spiro atoms. The highest BCUT2D eigenvalue weighted by atomic mass is 19.1. The number of anilines is 1. The van der Waals surface area contributed by atoms with Gasteiger partial charge in [0.15, 0.2) is 0 Å². The summed E-state index contributed by atoms with van der Waals surface area (Å²) in [5.41, 5.74) is 16.2. The van der Waals surface area contributed by atoms with Crippen molar-refractivity contribution in [3.8, 4) is 11.1 Å². The second kappa shape index (κ2) is 5.60. The maximum absolute atomic E-state index is 15.0. The number of carbonyl (C=O) groups excluding carboxylic acids is 1. The fourth-order valence-corrected chi connectivity index (χ4v) is 4.00. The molecule has 0 unspecified atom stereocenters. The number of nitrogens with zero attached hydrogens (tertiary/aromatic N) is 1. The molecule has 1 aliphatic heterocycles. The highest BCUT2D eigenvalue weighted by Crippen LogP contribution is 2.46. The largest absolute Gasteiger partial charge is 0.367 e. The van der Waals surface area contributed by atoms with E-state index >= 15 is 0 Å². The van der Waals surface area contributed by atoms with Crippen molar-refractivity contribution >= 4 is 11.6 Å². The zero-order valence-corrected chi connectivity index (χ0v) is 13.4. The lowest BCUT2D eigenvalue weighted by atomic mass is 9.95. The van der Waals surface area contributed by atoms with E-state index in [-0.39, 0.29) is 11.6 Å². The Kier molecular flexibility index (Phi) is 3.53. The molecular formula is C19H20FN3O. The molecule has 1 aliphatic carbocycles. The molecule has 2 aliphatic rings. The number of amides is 1. The number of nitrogens with two attached hydrogens (primary N) is 2. The number of fused-ring (bicyclic) bond motifs is 3. The molecule has 4 N–H and O–H groups in total. The standard InChI is InChI=1S/C19H20FN3O/c20-16-9-15(19(22)24)14-8-11-4-1-2-6-13(11)17(14)18(16)23-7-3-5-12(21)10-23/h1-2,4,6,9,12H,3,5,7-8,10,21H2,(H2,22,24)/t12-/m1/s1. The van der Waals surface area contributed by atoms with Gasteiger partial charge < -0.3 is 16.4 Å². The van der Waals surface area contributed by atoms with Crippen LogP contribution in [0.4, 0.5) is 10.1 Å². The topological polar surface area (TPSA) is 72.4 Å². The molecule has 0 bridgehead atoms. The number of primary amides is 1. The Hall–Kier alpha value is -2.40. The SMILES string of the molecule is NC(=O)c1cc(F)c(N2CCC[C@@H](N)C2)c2c1Cc1ccccc1-2. The highest BCUT2D eigenvalue weighted by Gasteiger charge is 2.31. The summed E-state index contributed by atoms with van der Waals surface area (Å²) in [6.07, 6.45) is 2.50. The van der Waals surface area contributed by atoms with Crippen LogP contribution in [0.25, 0.3) is 11.1 Å². The van der Waals surface area contributed by atoms with Crippen molar-refractivity contribution < 1.29 is 9.18 Å². The van der Waals surface area contributed by atoms with Crippen LogP contribution in [0.15, 0.2) is 30.3 Å². The van der Waals surface area contributed by atoms with Gasteiger partial charge in [-0.3, -0.25) is 4.79 Å². The third-order valence-corrected chi connectivity index (χ3v) is 5.05. The molecule has 0 saturated carbocycles. The van der Waals surface area contributed by atoms with Gasteiger partial charge in [0.25, 0.3) is 0 Å². The average molecular weight is 325 g/mol. The average Bonchev–Trinajstić information content (AvgIpc) is 2.93. The molecule has 0 radical (unpaired) electrons. The van der Waals surface area contributed by atoms with E-state index in [2.05, 4.69) is 0 Å². The van der Waals surface area contributed by atoms with Crippen molar-refractivity contribution in [3.05, 3.63) is 52.8 Å². The monoisotopic (exact) mass is 325 g/mol. The van der Waals surface area contributed by atoms with Gasteiger partial charge in [-0.05, 0) is 42.0 Å². The molecule has 2 aromatic rings. The van der Waals surface area contributed by atoms with Crippen molar-refractivity contribution in [3.63, 3.8) is 0 Å². The number of halogens is 1. The summed E-state index contributed by atoms with van der Waals surface area (Å²) in [5, 5.41) is 0. The van der Waals surface area contributed by atoms with Gasteiger partial charge in [0.05, 0.1) is 5.69 Å². The fourth-order valence-electron chi connectivity index (χ4n) is 4.00. The number of benzene rings is 2. The third-order valence-electron chi connectivity index (χ3n) is 5.05. The Balaban J connectivity index is 1.96. The van der Waals surface area contributed by atoms with Gasteiger partial charge in [-0.2, -0.15) is 0 Å². The molecule has 2 aromatic carbocycles. The van der Waals surface area contributed by atoms with Crippen LogP contribution < -0.4 is 16.4 Å². The fraction of sp³-hybridized carbons (Fsp3) is 0.316. The number of hydrogen-bond donors (Lipinski definition) is 2. The van der Waals surface area contributed by atoms with E-state index in [1.165, 1.54) is 6.07 Å². The van der Waals surface area contributed by atoms with Gasteiger partial charge in [0, 0.05) is 30.3 Å². The predicted molar refractivity (Wildman–Crippen MR) is 92.6 cm³/mol. The molecule has 4 nitrogen and oxygen atoms in total. The van der Waals surface area contributed by atoms with Crippen LogP contribution in [0.3, 0.4) is 0 Å². The lowest BCUT2D eigenvalue weighted by Gasteiger charge is -2.34. The minimum atomic E-state index is -0.583. The van der Waals surface area contributed by atoms with Crippen molar-refractivity contribution in [1.29, 1.82) is 0 Å². The Morgan fingerprint density at radius 2 is 2.08 bits per heavy atom. The van der Waals surface area contributed by atoms with Crippen LogP contribution >= 0.6 is 0 Å². The molecule has 0 aromatic heterocycles. The molecule has 124 valence electrons. The minimum absolute atomic E-state index is 0.0428. The van der Waals surface area contributed by atoms with Gasteiger partial charge in [-0.15, -0.1) is 0 Å². The zero-order chi connectivity index (χ0) is 16.8. The van der Waals surface area contributed by atoms with Gasteiger partial charge in [-0.25, -0.2) is 4.39 Å². The van der Waals surface area contributed by atoms with Crippen LogP contribution in [-0.2, 0) is 6.42 Å². The summed E-state index contributed by atoms with van der Waals surface area (Å²) in [6, 6.07) is 9.24. The number of hydrogen-bond acceptors (Lipinski definition) is 3. The van der Waals surface area contributed by atoms with E-state index in [9.17, 15) is 9.18 Å². The third kappa shape index (κ3) is 2.27. The summed E-state index contributed by atoms with van der Waals surface area (Å²) in [5.74, 6) is -0.979. The Labute approximate surface area is 140 Å². The Morgan fingerprint density at radius 1 is 1.29 bits per heavy atom. The first-order valence-electron chi connectivity index (χ1n) is 8.30. The normalized spacial score (nSPS) is 19.1. The number of rotatable bonds is 2. The molecule has 24 heavy (non-hydrogen) atoms. The zero-order valence-electron chi connectivity index (χ0n) is 13.4. The van der Waals surface area contributed by atoms with Crippen LogP contribution in [0, 0.1) is 5.82 Å². The second-order valence-electron chi connectivity index (χ2n) is 6.65. The molecule has 4 rings (SSSR count). The summed E-state index contributed by atoms with van der Waals surface area (Å²) >= 11 is 0. The minimum Gasteiger partial charge on any atom is -0.367 e. The molecule has 1 atom stereocenters. The lowest BCUT2D eigenvalue weighted by Crippen LogP contribution is -2.43. The van der Waals surface area contributed by atoms with Gasteiger partial charge in [0.1, 0.15) is 5.82 Å². The van der Waals surface area contributed by atoms with E-state index in [0.717, 1.165) is 41.6 Å². The summed E-state index contributed by atoms with van der Waals surface area (Å²) in [6.45, 7) is 1.40. The highest BCUT2D eigenvalue weighted by molar-refractivity contribution is 6.01. The van der Waals surface area contributed by atoms with Crippen molar-refractivity contribution in [2.45, 2.75) is 25.3 Å². The second-order valence-corrected chi connectivity index (χ2v) is 6.65. The van der Waals surface area contributed by atoms with Gasteiger partial charge in [-0.1, -0.05) is 24.3 Å². The Morgan fingerprint density at radius 3 is 2.83 bits per heavy atom.